The van der Waals surface area contributed by atoms with Crippen molar-refractivity contribution in [3.05, 3.63) is 0 Å². The molecule has 0 saturated carbocycles. The number of aliphatic carboxylic acids is 1. The van der Waals surface area contributed by atoms with E-state index in [4.69, 9.17) is 5.11 Å². The van der Waals surface area contributed by atoms with Crippen molar-refractivity contribution in [2.24, 2.45) is 5.92 Å². The van der Waals surface area contributed by atoms with Gasteiger partial charge in [0.25, 0.3) is 6.43 Å². The third-order valence-electron chi connectivity index (χ3n) is 1.97. The number of carboxylic acids is 1. The minimum Gasteiger partial charge on any atom is -0.480 e. The predicted molar refractivity (Wildman–Crippen MR) is 53.4 cm³/mol. The fourth-order valence-corrected chi connectivity index (χ4v) is 1.05. The van der Waals surface area contributed by atoms with E-state index in [0.717, 1.165) is 4.90 Å². The van der Waals surface area contributed by atoms with Gasteiger partial charge in [-0.15, -0.1) is 0 Å². The fourth-order valence-electron chi connectivity index (χ4n) is 1.05. The minimum atomic E-state index is -2.64. The van der Waals surface area contributed by atoms with Crippen molar-refractivity contribution in [3.8, 4) is 0 Å². The first kappa shape index (κ1) is 14.6. The summed E-state index contributed by atoms with van der Waals surface area (Å²) in [5, 5.41) is 10.9. The van der Waals surface area contributed by atoms with Crippen LogP contribution in [0.15, 0.2) is 0 Å². The molecule has 0 radical (unpaired) electrons. The van der Waals surface area contributed by atoms with Crippen LogP contribution >= 0.6 is 0 Å². The number of amides is 2. The number of carbonyl (C=O) groups excluding carboxylic acids is 1. The van der Waals surface area contributed by atoms with Crippen LogP contribution < -0.4 is 5.32 Å². The Labute approximate surface area is 92.4 Å². The highest BCUT2D eigenvalue weighted by atomic mass is 19.3. The summed E-state index contributed by atoms with van der Waals surface area (Å²) >= 11 is 0. The molecule has 0 bridgehead atoms. The topological polar surface area (TPSA) is 69.6 Å². The summed E-state index contributed by atoms with van der Waals surface area (Å²) in [6.07, 6.45) is -2.64. The summed E-state index contributed by atoms with van der Waals surface area (Å²) in [4.78, 5) is 22.8. The Kier molecular flexibility index (Phi) is 5.69. The molecule has 1 atom stereocenters. The van der Waals surface area contributed by atoms with Gasteiger partial charge < -0.3 is 15.3 Å². The quantitative estimate of drug-likeness (QED) is 0.750. The average molecular weight is 238 g/mol. The Bertz CT molecular complexity index is 259. The molecule has 0 rings (SSSR count). The smallest absolute Gasteiger partial charge is 0.326 e. The van der Waals surface area contributed by atoms with Gasteiger partial charge in [0.1, 0.15) is 6.04 Å². The number of carboxylic acid groups (broad SMARTS) is 1. The summed E-state index contributed by atoms with van der Waals surface area (Å²) < 4.78 is 23.9. The van der Waals surface area contributed by atoms with E-state index in [9.17, 15) is 18.4 Å². The molecule has 5 nitrogen and oxygen atoms in total. The van der Waals surface area contributed by atoms with Gasteiger partial charge in [0, 0.05) is 7.05 Å². The Hall–Kier alpha value is -1.40. The standard InChI is InChI=1S/C9H16F2N2O3/c1-5(2)7(8(14)15)12-9(16)13(3)4-6(10)11/h5-7H,4H2,1-3H3,(H,12,16)(H,14,15). The van der Waals surface area contributed by atoms with Crippen LogP contribution in [-0.4, -0.2) is 48.1 Å². The van der Waals surface area contributed by atoms with Gasteiger partial charge in [0.15, 0.2) is 0 Å². The lowest BCUT2D eigenvalue weighted by atomic mass is 10.1. The lowest BCUT2D eigenvalue weighted by Crippen LogP contribution is -2.49. The number of halogens is 2. The number of nitrogens with one attached hydrogen (secondary N) is 1. The van der Waals surface area contributed by atoms with Crippen molar-refractivity contribution in [1.29, 1.82) is 0 Å². The van der Waals surface area contributed by atoms with E-state index in [1.165, 1.54) is 7.05 Å². The maximum atomic E-state index is 12.0. The minimum absolute atomic E-state index is 0.318. The number of hydrogen-bond acceptors (Lipinski definition) is 2. The lowest BCUT2D eigenvalue weighted by molar-refractivity contribution is -0.140. The molecule has 0 aliphatic carbocycles. The number of hydrogen-bond donors (Lipinski definition) is 2. The van der Waals surface area contributed by atoms with Crippen LogP contribution in [0.1, 0.15) is 13.8 Å². The lowest BCUT2D eigenvalue weighted by Gasteiger charge is -2.22. The van der Waals surface area contributed by atoms with Crippen LogP contribution in [0.5, 0.6) is 0 Å². The number of carbonyl (C=O) groups is 2. The van der Waals surface area contributed by atoms with Gasteiger partial charge in [0.2, 0.25) is 0 Å². The Morgan fingerprint density at radius 2 is 1.88 bits per heavy atom. The van der Waals surface area contributed by atoms with E-state index >= 15 is 0 Å². The summed E-state index contributed by atoms with van der Waals surface area (Å²) in [6, 6.07) is -1.89. The summed E-state index contributed by atoms with van der Waals surface area (Å²) in [5.74, 6) is -1.50. The molecule has 0 aliphatic rings. The van der Waals surface area contributed by atoms with Gasteiger partial charge >= 0.3 is 12.0 Å². The first-order valence-corrected chi connectivity index (χ1v) is 4.78. The highest BCUT2D eigenvalue weighted by molar-refractivity contribution is 5.82. The molecule has 1 unspecified atom stereocenters. The second-order valence-corrected chi connectivity index (χ2v) is 3.78. The monoisotopic (exact) mass is 238 g/mol. The molecule has 0 aromatic rings. The molecule has 0 saturated heterocycles. The van der Waals surface area contributed by atoms with Crippen LogP contribution in [0.2, 0.25) is 0 Å². The summed E-state index contributed by atoms with van der Waals surface area (Å²) in [6.45, 7) is 2.51. The molecule has 16 heavy (non-hydrogen) atoms. The van der Waals surface area contributed by atoms with Crippen molar-refractivity contribution < 1.29 is 23.5 Å². The molecule has 7 heteroatoms. The highest BCUT2D eigenvalue weighted by Crippen LogP contribution is 2.03. The SMILES string of the molecule is CC(C)C(NC(=O)N(C)CC(F)F)C(=O)O. The number of urea groups is 1. The molecular weight excluding hydrogens is 222 g/mol. The van der Waals surface area contributed by atoms with Gasteiger partial charge in [-0.2, -0.15) is 0 Å². The van der Waals surface area contributed by atoms with Crippen LogP contribution in [0.25, 0.3) is 0 Å². The van der Waals surface area contributed by atoms with Crippen LogP contribution in [0.3, 0.4) is 0 Å². The van der Waals surface area contributed by atoms with Gasteiger partial charge in [-0.25, -0.2) is 18.4 Å². The van der Waals surface area contributed by atoms with Gasteiger partial charge in [-0.3, -0.25) is 0 Å². The van der Waals surface area contributed by atoms with Crippen LogP contribution in [-0.2, 0) is 4.79 Å². The summed E-state index contributed by atoms with van der Waals surface area (Å²) in [5.41, 5.74) is 0. The zero-order chi connectivity index (χ0) is 12.9. The van der Waals surface area contributed by atoms with E-state index in [1.807, 2.05) is 0 Å². The van der Waals surface area contributed by atoms with Crippen molar-refractivity contribution in [2.45, 2.75) is 26.3 Å². The zero-order valence-electron chi connectivity index (χ0n) is 9.41. The molecule has 0 spiro atoms. The van der Waals surface area contributed by atoms with Crippen LogP contribution in [0, 0.1) is 5.92 Å². The van der Waals surface area contributed by atoms with Crippen molar-refractivity contribution in [3.63, 3.8) is 0 Å². The molecule has 0 aromatic heterocycles. The number of rotatable bonds is 5. The first-order chi connectivity index (χ1) is 7.25. The van der Waals surface area contributed by atoms with E-state index in [-0.39, 0.29) is 5.92 Å². The molecule has 0 fully saturated rings. The number of nitrogens with zero attached hydrogens (tertiary/aromatic N) is 1. The maximum absolute atomic E-state index is 12.0. The average Bonchev–Trinajstić information content (AvgIpc) is 2.11. The molecule has 0 aromatic carbocycles. The van der Waals surface area contributed by atoms with Gasteiger partial charge in [-0.05, 0) is 5.92 Å². The molecule has 0 heterocycles. The predicted octanol–water partition coefficient (Wildman–Crippen LogP) is 1.00. The van der Waals surface area contributed by atoms with E-state index < -0.39 is 31.0 Å². The maximum Gasteiger partial charge on any atom is 0.326 e. The van der Waals surface area contributed by atoms with Gasteiger partial charge in [-0.1, -0.05) is 13.8 Å². The third kappa shape index (κ3) is 4.90. The van der Waals surface area contributed by atoms with Crippen LogP contribution in [0.4, 0.5) is 13.6 Å². The Morgan fingerprint density at radius 3 is 2.19 bits per heavy atom. The van der Waals surface area contributed by atoms with Crippen molar-refractivity contribution in [1.82, 2.24) is 10.2 Å². The third-order valence-corrected chi connectivity index (χ3v) is 1.97. The Balaban J connectivity index is 4.35. The normalized spacial score (nSPS) is 12.7. The molecular formula is C9H16F2N2O3. The second-order valence-electron chi connectivity index (χ2n) is 3.78. The van der Waals surface area contributed by atoms with Crippen molar-refractivity contribution in [2.75, 3.05) is 13.6 Å². The zero-order valence-corrected chi connectivity index (χ0v) is 9.41. The second kappa shape index (κ2) is 6.24. The fraction of sp³-hybridized carbons (Fsp3) is 0.778. The largest absolute Gasteiger partial charge is 0.480 e. The summed E-state index contributed by atoms with van der Waals surface area (Å²) in [7, 11) is 1.18. The first-order valence-electron chi connectivity index (χ1n) is 4.78. The number of alkyl halides is 2. The highest BCUT2D eigenvalue weighted by Gasteiger charge is 2.25. The van der Waals surface area contributed by atoms with Gasteiger partial charge in [0.05, 0.1) is 6.54 Å². The Morgan fingerprint density at radius 1 is 1.38 bits per heavy atom. The van der Waals surface area contributed by atoms with E-state index in [2.05, 4.69) is 5.32 Å². The van der Waals surface area contributed by atoms with E-state index in [1.54, 1.807) is 13.8 Å². The molecule has 2 N–H and O–H groups in total. The molecule has 94 valence electrons. The molecule has 2 amide bonds. The van der Waals surface area contributed by atoms with E-state index in [0.29, 0.717) is 0 Å². The molecule has 0 aliphatic heterocycles. The van der Waals surface area contributed by atoms with Crippen molar-refractivity contribution >= 4 is 12.0 Å².